The highest BCUT2D eigenvalue weighted by molar-refractivity contribution is 7.99. The molecule has 3 rings (SSSR count). The Morgan fingerprint density at radius 1 is 1.13 bits per heavy atom. The minimum Gasteiger partial charge on any atom is -0.335 e. The van der Waals surface area contributed by atoms with Crippen molar-refractivity contribution >= 4 is 35.2 Å². The molecule has 0 spiro atoms. The minimum atomic E-state index is -0.119. The van der Waals surface area contributed by atoms with Crippen molar-refractivity contribution in [2.75, 3.05) is 18.1 Å². The molecule has 9 heteroatoms. The molecule has 1 fully saturated rings. The Labute approximate surface area is 141 Å². The number of nitrogens with zero attached hydrogens (tertiary/aromatic N) is 4. The van der Waals surface area contributed by atoms with E-state index in [1.54, 1.807) is 12.1 Å². The quantitative estimate of drug-likeness (QED) is 0.499. The number of carbonyl (C=O) groups is 2. The van der Waals surface area contributed by atoms with Crippen LogP contribution in [0.5, 0.6) is 0 Å². The van der Waals surface area contributed by atoms with Crippen LogP contribution in [0.15, 0.2) is 29.4 Å². The van der Waals surface area contributed by atoms with Crippen LogP contribution in [0.2, 0.25) is 5.02 Å². The van der Waals surface area contributed by atoms with Crippen molar-refractivity contribution in [2.24, 2.45) is 0 Å². The first-order chi connectivity index (χ1) is 11.1. The topological polar surface area (TPSA) is 94.1 Å². The fraction of sp³-hybridized carbons (Fsp3) is 0.286. The van der Waals surface area contributed by atoms with Gasteiger partial charge in [-0.05, 0) is 24.3 Å². The zero-order valence-corrected chi connectivity index (χ0v) is 13.7. The van der Waals surface area contributed by atoms with E-state index in [1.165, 1.54) is 21.3 Å². The summed E-state index contributed by atoms with van der Waals surface area (Å²) in [5.74, 6) is 6.82. The molecule has 1 aliphatic rings. The van der Waals surface area contributed by atoms with E-state index in [4.69, 9.17) is 17.4 Å². The monoisotopic (exact) mass is 351 g/mol. The predicted molar refractivity (Wildman–Crippen MR) is 87.3 cm³/mol. The van der Waals surface area contributed by atoms with Crippen LogP contribution >= 0.6 is 23.4 Å². The van der Waals surface area contributed by atoms with Gasteiger partial charge in [-0.1, -0.05) is 23.4 Å². The van der Waals surface area contributed by atoms with Gasteiger partial charge in [-0.3, -0.25) is 14.5 Å². The van der Waals surface area contributed by atoms with E-state index in [9.17, 15) is 9.59 Å². The Morgan fingerprint density at radius 2 is 1.78 bits per heavy atom. The fourth-order valence-electron chi connectivity index (χ4n) is 2.27. The predicted octanol–water partition coefficient (Wildman–Crippen LogP) is 1.55. The van der Waals surface area contributed by atoms with Gasteiger partial charge in [-0.2, -0.15) is 0 Å². The molecule has 0 radical (unpaired) electrons. The molecule has 0 atom stereocenters. The van der Waals surface area contributed by atoms with Crippen LogP contribution in [-0.4, -0.2) is 43.9 Å². The number of imide groups is 1. The summed E-state index contributed by atoms with van der Waals surface area (Å²) in [4.78, 5) is 24.4. The van der Waals surface area contributed by atoms with Gasteiger partial charge in [0.15, 0.2) is 5.82 Å². The number of likely N-dealkylation sites (tertiary alicyclic amines) is 1. The standard InChI is InChI=1S/C14H14ClN5O2S/c15-10-3-1-9(2-4-10)13-17-18-14(20(13)16)23-8-7-19-11(21)5-6-12(19)22/h1-4H,5-8,16H2. The number of nitrogen functional groups attached to an aromatic ring is 1. The fourth-order valence-corrected chi connectivity index (χ4v) is 3.18. The van der Waals surface area contributed by atoms with Gasteiger partial charge in [0.05, 0.1) is 0 Å². The molecule has 2 heterocycles. The summed E-state index contributed by atoms with van der Waals surface area (Å²) in [6, 6.07) is 7.13. The van der Waals surface area contributed by atoms with Gasteiger partial charge in [0.25, 0.3) is 0 Å². The lowest BCUT2D eigenvalue weighted by Crippen LogP contribution is -2.31. The average Bonchev–Trinajstić information content (AvgIpc) is 3.05. The third-order valence-electron chi connectivity index (χ3n) is 3.47. The zero-order chi connectivity index (χ0) is 16.4. The number of hydrogen-bond acceptors (Lipinski definition) is 6. The van der Waals surface area contributed by atoms with Gasteiger partial charge in [0, 0.05) is 35.7 Å². The summed E-state index contributed by atoms with van der Waals surface area (Å²) >= 11 is 7.21. The van der Waals surface area contributed by atoms with E-state index >= 15 is 0 Å². The highest BCUT2D eigenvalue weighted by Crippen LogP contribution is 2.23. The number of benzene rings is 1. The number of thioether (sulfide) groups is 1. The van der Waals surface area contributed by atoms with Gasteiger partial charge >= 0.3 is 0 Å². The van der Waals surface area contributed by atoms with Crippen molar-refractivity contribution in [1.82, 2.24) is 19.8 Å². The molecule has 7 nitrogen and oxygen atoms in total. The molecule has 1 aliphatic heterocycles. The summed E-state index contributed by atoms with van der Waals surface area (Å²) in [6.07, 6.45) is 0.606. The van der Waals surface area contributed by atoms with Crippen molar-refractivity contribution in [3.05, 3.63) is 29.3 Å². The van der Waals surface area contributed by atoms with Crippen molar-refractivity contribution in [2.45, 2.75) is 18.0 Å². The van der Waals surface area contributed by atoms with Crippen LogP contribution in [-0.2, 0) is 9.59 Å². The van der Waals surface area contributed by atoms with Crippen LogP contribution in [0.25, 0.3) is 11.4 Å². The summed E-state index contributed by atoms with van der Waals surface area (Å²) in [5.41, 5.74) is 0.807. The lowest BCUT2D eigenvalue weighted by atomic mass is 10.2. The SMILES string of the molecule is Nn1c(SCCN2C(=O)CCC2=O)nnc1-c1ccc(Cl)cc1. The van der Waals surface area contributed by atoms with E-state index in [1.807, 2.05) is 12.1 Å². The molecule has 2 aromatic rings. The molecule has 23 heavy (non-hydrogen) atoms. The molecule has 120 valence electrons. The van der Waals surface area contributed by atoms with E-state index in [-0.39, 0.29) is 11.8 Å². The molecule has 2 amide bonds. The molecule has 1 aromatic carbocycles. The third-order valence-corrected chi connectivity index (χ3v) is 4.64. The highest BCUT2D eigenvalue weighted by atomic mass is 35.5. The molecular formula is C14H14ClN5O2S. The van der Waals surface area contributed by atoms with E-state index in [0.717, 1.165) is 5.56 Å². The molecule has 0 aliphatic carbocycles. The number of amides is 2. The Bertz CT molecular complexity index is 730. The molecule has 0 unspecified atom stereocenters. The molecule has 0 saturated carbocycles. The van der Waals surface area contributed by atoms with E-state index in [2.05, 4.69) is 10.2 Å². The lowest BCUT2D eigenvalue weighted by molar-refractivity contribution is -0.137. The smallest absolute Gasteiger partial charge is 0.229 e. The maximum atomic E-state index is 11.5. The molecule has 1 saturated heterocycles. The summed E-state index contributed by atoms with van der Waals surface area (Å²) in [5, 5.41) is 9.27. The Hall–Kier alpha value is -2.06. The van der Waals surface area contributed by atoms with Crippen molar-refractivity contribution < 1.29 is 9.59 Å². The molecule has 1 aromatic heterocycles. The van der Waals surface area contributed by atoms with Gasteiger partial charge in [0.2, 0.25) is 17.0 Å². The Balaban J connectivity index is 1.64. The van der Waals surface area contributed by atoms with Crippen molar-refractivity contribution in [3.8, 4) is 11.4 Å². The number of rotatable bonds is 5. The lowest BCUT2D eigenvalue weighted by Gasteiger charge is -2.12. The number of nitrogens with two attached hydrogens (primary N) is 1. The van der Waals surface area contributed by atoms with Gasteiger partial charge in [0.1, 0.15) is 0 Å². The van der Waals surface area contributed by atoms with Crippen LogP contribution in [0.3, 0.4) is 0 Å². The highest BCUT2D eigenvalue weighted by Gasteiger charge is 2.28. The number of aromatic nitrogens is 3. The zero-order valence-electron chi connectivity index (χ0n) is 12.1. The third kappa shape index (κ3) is 3.32. The Kier molecular flexibility index (Phi) is 4.53. The van der Waals surface area contributed by atoms with Gasteiger partial charge in [-0.25, -0.2) is 4.68 Å². The van der Waals surface area contributed by atoms with E-state index < -0.39 is 0 Å². The molecule has 0 bridgehead atoms. The number of carbonyl (C=O) groups excluding carboxylic acids is 2. The maximum Gasteiger partial charge on any atom is 0.229 e. The van der Waals surface area contributed by atoms with E-state index in [0.29, 0.717) is 41.1 Å². The minimum absolute atomic E-state index is 0.119. The average molecular weight is 352 g/mol. The van der Waals surface area contributed by atoms with Gasteiger partial charge in [-0.15, -0.1) is 10.2 Å². The first-order valence-corrected chi connectivity index (χ1v) is 8.35. The van der Waals surface area contributed by atoms with Crippen molar-refractivity contribution in [3.63, 3.8) is 0 Å². The largest absolute Gasteiger partial charge is 0.335 e. The molecule has 2 N–H and O–H groups in total. The van der Waals surface area contributed by atoms with Crippen LogP contribution in [0.1, 0.15) is 12.8 Å². The normalized spacial score (nSPS) is 14.7. The Morgan fingerprint density at radius 3 is 2.43 bits per heavy atom. The summed E-state index contributed by atoms with van der Waals surface area (Å²) in [6.45, 7) is 0.353. The maximum absolute atomic E-state index is 11.5. The van der Waals surface area contributed by atoms with Crippen LogP contribution < -0.4 is 5.84 Å². The number of hydrogen-bond donors (Lipinski definition) is 1. The summed E-state index contributed by atoms with van der Waals surface area (Å²) in [7, 11) is 0. The van der Waals surface area contributed by atoms with Crippen LogP contribution in [0.4, 0.5) is 0 Å². The van der Waals surface area contributed by atoms with Crippen molar-refractivity contribution in [1.29, 1.82) is 0 Å². The number of halogens is 1. The second kappa shape index (κ2) is 6.59. The van der Waals surface area contributed by atoms with Gasteiger partial charge < -0.3 is 5.84 Å². The first-order valence-electron chi connectivity index (χ1n) is 6.98. The summed E-state index contributed by atoms with van der Waals surface area (Å²) < 4.78 is 1.39. The first kappa shape index (κ1) is 15.8. The molecular weight excluding hydrogens is 338 g/mol. The second-order valence-corrected chi connectivity index (χ2v) is 6.47. The second-order valence-electron chi connectivity index (χ2n) is 4.97. The van der Waals surface area contributed by atoms with Crippen LogP contribution in [0, 0.1) is 0 Å².